The number of methoxy groups -OCH3 is 1. The van der Waals surface area contributed by atoms with E-state index in [1.807, 2.05) is 0 Å². The summed E-state index contributed by atoms with van der Waals surface area (Å²) in [4.78, 5) is 13.5. The highest BCUT2D eigenvalue weighted by atomic mass is 16.5. The molecule has 0 amide bonds. The zero-order chi connectivity index (χ0) is 12.3. The normalized spacial score (nSPS) is 30.8. The molecule has 3 atom stereocenters. The van der Waals surface area contributed by atoms with Crippen LogP contribution in [0.1, 0.15) is 20.8 Å². The van der Waals surface area contributed by atoms with E-state index in [1.54, 1.807) is 0 Å². The maximum Gasteiger partial charge on any atom is 0.338 e. The van der Waals surface area contributed by atoms with E-state index in [9.17, 15) is 9.90 Å². The lowest BCUT2D eigenvalue weighted by Gasteiger charge is -2.40. The molecule has 0 saturated carbocycles. The maximum atomic E-state index is 11.4. The summed E-state index contributed by atoms with van der Waals surface area (Å²) in [7, 11) is 1.29. The van der Waals surface area contributed by atoms with E-state index in [1.165, 1.54) is 14.0 Å². The Labute approximate surface area is 96.8 Å². The van der Waals surface area contributed by atoms with E-state index in [2.05, 4.69) is 28.8 Å². The molecule has 16 heavy (non-hydrogen) atoms. The summed E-state index contributed by atoms with van der Waals surface area (Å²) in [6.07, 6.45) is 0. The first-order valence-corrected chi connectivity index (χ1v) is 5.65. The number of esters is 1. The smallest absolute Gasteiger partial charge is 0.338 e. The van der Waals surface area contributed by atoms with Gasteiger partial charge >= 0.3 is 5.97 Å². The van der Waals surface area contributed by atoms with Crippen molar-refractivity contribution >= 4 is 5.97 Å². The highest BCUT2D eigenvalue weighted by Crippen LogP contribution is 2.14. The fourth-order valence-electron chi connectivity index (χ4n) is 2.00. The Morgan fingerprint density at radius 3 is 2.81 bits per heavy atom. The zero-order valence-corrected chi connectivity index (χ0v) is 10.5. The molecular weight excluding hydrogens is 208 g/mol. The van der Waals surface area contributed by atoms with Crippen LogP contribution >= 0.6 is 0 Å². The van der Waals surface area contributed by atoms with Crippen LogP contribution in [-0.4, -0.2) is 60.4 Å². The van der Waals surface area contributed by atoms with Crippen molar-refractivity contribution in [2.45, 2.75) is 38.5 Å². The van der Waals surface area contributed by atoms with E-state index in [0.29, 0.717) is 18.6 Å². The van der Waals surface area contributed by atoms with Gasteiger partial charge in [-0.05, 0) is 20.8 Å². The molecule has 1 heterocycles. The van der Waals surface area contributed by atoms with Crippen molar-refractivity contribution in [2.24, 2.45) is 0 Å². The van der Waals surface area contributed by atoms with Crippen molar-refractivity contribution in [3.8, 4) is 0 Å². The van der Waals surface area contributed by atoms with Crippen molar-refractivity contribution in [1.29, 1.82) is 0 Å². The number of hydrogen-bond acceptors (Lipinski definition) is 5. The first kappa shape index (κ1) is 13.4. The fourth-order valence-corrected chi connectivity index (χ4v) is 2.00. The summed E-state index contributed by atoms with van der Waals surface area (Å²) in [5.41, 5.74) is -1.43. The van der Waals surface area contributed by atoms with Gasteiger partial charge in [-0.15, -0.1) is 0 Å². The van der Waals surface area contributed by atoms with Gasteiger partial charge in [0.25, 0.3) is 0 Å². The molecule has 0 spiro atoms. The largest absolute Gasteiger partial charge is 0.467 e. The third kappa shape index (κ3) is 3.17. The van der Waals surface area contributed by atoms with Crippen LogP contribution in [0.25, 0.3) is 0 Å². The van der Waals surface area contributed by atoms with Gasteiger partial charge in [0.2, 0.25) is 0 Å². The second-order valence-corrected chi connectivity index (χ2v) is 4.85. The Morgan fingerprint density at radius 2 is 2.25 bits per heavy atom. The van der Waals surface area contributed by atoms with Gasteiger partial charge in [0.1, 0.15) is 0 Å². The van der Waals surface area contributed by atoms with Gasteiger partial charge in [-0.1, -0.05) is 0 Å². The van der Waals surface area contributed by atoms with Crippen LogP contribution in [0.2, 0.25) is 0 Å². The summed E-state index contributed by atoms with van der Waals surface area (Å²) in [6.45, 7) is 7.68. The molecule has 0 aromatic rings. The van der Waals surface area contributed by atoms with Crippen LogP contribution in [-0.2, 0) is 9.53 Å². The topological polar surface area (TPSA) is 61.8 Å². The number of nitrogens with zero attached hydrogens (tertiary/aromatic N) is 1. The van der Waals surface area contributed by atoms with Crippen molar-refractivity contribution in [3.05, 3.63) is 0 Å². The van der Waals surface area contributed by atoms with Gasteiger partial charge in [0, 0.05) is 31.7 Å². The summed E-state index contributed by atoms with van der Waals surface area (Å²) in [5.74, 6) is -0.578. The zero-order valence-electron chi connectivity index (χ0n) is 10.5. The number of rotatable bonds is 3. The predicted molar refractivity (Wildman–Crippen MR) is 61.1 cm³/mol. The number of aliphatic hydroxyl groups is 1. The average Bonchev–Trinajstić information content (AvgIpc) is 2.22. The van der Waals surface area contributed by atoms with Crippen molar-refractivity contribution in [3.63, 3.8) is 0 Å². The van der Waals surface area contributed by atoms with E-state index in [4.69, 9.17) is 0 Å². The van der Waals surface area contributed by atoms with Gasteiger partial charge in [0.15, 0.2) is 5.60 Å². The fraction of sp³-hybridized carbons (Fsp3) is 0.909. The summed E-state index contributed by atoms with van der Waals surface area (Å²) in [6, 6.07) is 0.692. The number of piperazine rings is 1. The number of β-amino-alcohol motifs (C(OH)–C–C–N with tert-alkyl or cyclic N) is 1. The summed E-state index contributed by atoms with van der Waals surface area (Å²) >= 11 is 0. The van der Waals surface area contributed by atoms with Gasteiger partial charge in [-0.2, -0.15) is 0 Å². The van der Waals surface area contributed by atoms with Crippen LogP contribution in [0.5, 0.6) is 0 Å². The van der Waals surface area contributed by atoms with Gasteiger partial charge < -0.3 is 15.2 Å². The second kappa shape index (κ2) is 5.12. The molecule has 0 aliphatic carbocycles. The molecule has 1 fully saturated rings. The minimum atomic E-state index is -1.43. The van der Waals surface area contributed by atoms with Crippen LogP contribution < -0.4 is 5.32 Å². The molecule has 0 aromatic carbocycles. The highest BCUT2D eigenvalue weighted by molar-refractivity contribution is 5.78. The molecule has 1 rings (SSSR count). The van der Waals surface area contributed by atoms with Gasteiger partial charge in [0.05, 0.1) is 7.11 Å². The second-order valence-electron chi connectivity index (χ2n) is 4.85. The molecule has 2 N–H and O–H groups in total. The molecule has 1 saturated heterocycles. The highest BCUT2D eigenvalue weighted by Gasteiger charge is 2.36. The molecule has 1 aliphatic heterocycles. The van der Waals surface area contributed by atoms with Gasteiger partial charge in [-0.3, -0.25) is 4.90 Å². The average molecular weight is 230 g/mol. The predicted octanol–water partition coefficient (Wildman–Crippen LogP) is -0.407. The lowest BCUT2D eigenvalue weighted by atomic mass is 10.0. The first-order valence-electron chi connectivity index (χ1n) is 5.65. The minimum absolute atomic E-state index is 0.312. The lowest BCUT2D eigenvalue weighted by molar-refractivity contribution is -0.163. The van der Waals surface area contributed by atoms with Crippen molar-refractivity contribution < 1.29 is 14.6 Å². The Balaban J connectivity index is 2.60. The molecule has 5 heteroatoms. The standard InChI is InChI=1S/C11H22N2O3/c1-8-6-13(9(2)5-12-8)7-11(3,15)10(14)16-4/h8-9,12,15H,5-7H2,1-4H3. The number of carbonyl (C=O) groups is 1. The lowest BCUT2D eigenvalue weighted by Crippen LogP contribution is -2.59. The number of carbonyl (C=O) groups excluding carboxylic acids is 1. The number of nitrogens with one attached hydrogen (secondary N) is 1. The Morgan fingerprint density at radius 1 is 1.62 bits per heavy atom. The Hall–Kier alpha value is -0.650. The van der Waals surface area contributed by atoms with E-state index < -0.39 is 11.6 Å². The Bertz CT molecular complexity index is 256. The monoisotopic (exact) mass is 230 g/mol. The van der Waals surface area contributed by atoms with Crippen LogP contribution in [0.3, 0.4) is 0 Å². The Kier molecular flexibility index (Phi) is 4.29. The molecule has 3 unspecified atom stereocenters. The number of hydrogen-bond donors (Lipinski definition) is 2. The SMILES string of the molecule is COC(=O)C(C)(O)CN1CC(C)NCC1C. The van der Waals surface area contributed by atoms with E-state index in [0.717, 1.165) is 13.1 Å². The molecule has 5 nitrogen and oxygen atoms in total. The molecule has 94 valence electrons. The van der Waals surface area contributed by atoms with Crippen LogP contribution in [0, 0.1) is 0 Å². The van der Waals surface area contributed by atoms with Crippen molar-refractivity contribution in [1.82, 2.24) is 10.2 Å². The summed E-state index contributed by atoms with van der Waals surface area (Å²) < 4.78 is 4.59. The molecule has 0 aromatic heterocycles. The molecular formula is C11H22N2O3. The third-order valence-corrected chi connectivity index (χ3v) is 3.03. The van der Waals surface area contributed by atoms with Crippen LogP contribution in [0.15, 0.2) is 0 Å². The minimum Gasteiger partial charge on any atom is -0.467 e. The molecule has 0 bridgehead atoms. The van der Waals surface area contributed by atoms with Crippen molar-refractivity contribution in [2.75, 3.05) is 26.7 Å². The first-order chi connectivity index (χ1) is 7.36. The molecule has 1 aliphatic rings. The molecule has 0 radical (unpaired) electrons. The summed E-state index contributed by atoms with van der Waals surface area (Å²) in [5, 5.41) is 13.4. The van der Waals surface area contributed by atoms with Crippen LogP contribution in [0.4, 0.5) is 0 Å². The maximum absolute atomic E-state index is 11.4. The quantitative estimate of drug-likeness (QED) is 0.646. The van der Waals surface area contributed by atoms with E-state index >= 15 is 0 Å². The van der Waals surface area contributed by atoms with E-state index in [-0.39, 0.29) is 0 Å². The third-order valence-electron chi connectivity index (χ3n) is 3.03. The van der Waals surface area contributed by atoms with Gasteiger partial charge in [-0.25, -0.2) is 4.79 Å². The number of ether oxygens (including phenoxy) is 1.